The lowest BCUT2D eigenvalue weighted by atomic mass is 10.00. The molecule has 2 aromatic heterocycles. The Hall–Kier alpha value is -2.78. The van der Waals surface area contributed by atoms with Crippen molar-refractivity contribution in [1.82, 2.24) is 19.7 Å². The van der Waals surface area contributed by atoms with Gasteiger partial charge in [0.05, 0.1) is 27.5 Å². The van der Waals surface area contributed by atoms with E-state index in [0.717, 1.165) is 26.5 Å². The number of thiazole rings is 1. The highest BCUT2D eigenvalue weighted by Crippen LogP contribution is 2.32. The number of fused-ring (bicyclic) bond motifs is 1. The van der Waals surface area contributed by atoms with Gasteiger partial charge in [-0.2, -0.15) is 5.10 Å². The van der Waals surface area contributed by atoms with Crippen molar-refractivity contribution in [3.8, 4) is 0 Å². The Morgan fingerprint density at radius 1 is 1.36 bits per heavy atom. The number of aryl methyl sites for hydroxylation is 2. The lowest BCUT2D eigenvalue weighted by Crippen LogP contribution is -2.53. The number of benzene rings is 1. The van der Waals surface area contributed by atoms with E-state index in [2.05, 4.69) is 10.1 Å². The molecule has 28 heavy (non-hydrogen) atoms. The summed E-state index contributed by atoms with van der Waals surface area (Å²) in [4.78, 5) is 33.1. The maximum atomic E-state index is 13.3. The Labute approximate surface area is 166 Å². The smallest absolute Gasteiger partial charge is 0.258 e. The number of likely N-dealkylation sites (N-methyl/N-ethyl adjacent to an activating group) is 2. The predicted molar refractivity (Wildman–Crippen MR) is 106 cm³/mol. The van der Waals surface area contributed by atoms with Crippen molar-refractivity contribution in [2.24, 2.45) is 7.05 Å². The molecule has 2 amide bonds. The number of amides is 2. The molecule has 0 aliphatic carbocycles. The largest absolute Gasteiger partial charge is 0.356 e. The van der Waals surface area contributed by atoms with Crippen molar-refractivity contribution >= 4 is 39.1 Å². The molecule has 146 valence electrons. The normalized spacial score (nSPS) is 20.0. The van der Waals surface area contributed by atoms with E-state index in [0.29, 0.717) is 0 Å². The van der Waals surface area contributed by atoms with Crippen LogP contribution in [0.2, 0.25) is 0 Å². The number of rotatable bonds is 3. The van der Waals surface area contributed by atoms with Crippen LogP contribution in [0.4, 0.5) is 5.69 Å². The summed E-state index contributed by atoms with van der Waals surface area (Å²) >= 11 is 1.59. The minimum absolute atomic E-state index is 0.120. The Balaban J connectivity index is 1.66. The maximum absolute atomic E-state index is 13.3. The first-order valence-electron chi connectivity index (χ1n) is 8.85. The predicted octanol–water partition coefficient (Wildman–Crippen LogP) is 1.90. The van der Waals surface area contributed by atoms with Gasteiger partial charge in [0.2, 0.25) is 5.91 Å². The van der Waals surface area contributed by atoms with Crippen LogP contribution in [0.3, 0.4) is 0 Å². The molecule has 0 radical (unpaired) electrons. The van der Waals surface area contributed by atoms with Gasteiger partial charge < -0.3 is 14.5 Å². The van der Waals surface area contributed by atoms with Crippen LogP contribution >= 0.6 is 11.3 Å². The minimum Gasteiger partial charge on any atom is -0.356 e. The Morgan fingerprint density at radius 2 is 2.14 bits per heavy atom. The van der Waals surface area contributed by atoms with Crippen LogP contribution in [0.5, 0.6) is 0 Å². The third-order valence-electron chi connectivity index (χ3n) is 4.99. The first kappa shape index (κ1) is 18.6. The number of carbonyl (C=O) groups is 2. The Morgan fingerprint density at radius 3 is 2.86 bits per heavy atom. The third kappa shape index (κ3) is 3.16. The first-order valence-corrected chi connectivity index (χ1v) is 9.67. The van der Waals surface area contributed by atoms with Gasteiger partial charge in [0.1, 0.15) is 6.61 Å². The van der Waals surface area contributed by atoms with Gasteiger partial charge in [0.15, 0.2) is 6.10 Å². The Bertz CT molecular complexity index is 1060. The number of morpholine rings is 1. The van der Waals surface area contributed by atoms with Crippen molar-refractivity contribution in [2.75, 3.05) is 25.6 Å². The highest BCUT2D eigenvalue weighted by atomic mass is 32.1. The van der Waals surface area contributed by atoms with E-state index in [-0.39, 0.29) is 18.4 Å². The quantitative estimate of drug-likeness (QED) is 0.672. The van der Waals surface area contributed by atoms with E-state index in [1.54, 1.807) is 59.4 Å². The molecule has 0 spiro atoms. The lowest BCUT2D eigenvalue weighted by Gasteiger charge is -2.39. The van der Waals surface area contributed by atoms with Crippen LogP contribution in [0.1, 0.15) is 16.6 Å². The van der Waals surface area contributed by atoms with Crippen LogP contribution in [0.15, 0.2) is 30.6 Å². The molecule has 1 aliphatic rings. The number of anilines is 1. The molecule has 1 fully saturated rings. The number of carbonyl (C=O) groups excluding carboxylic acids is 2. The van der Waals surface area contributed by atoms with Gasteiger partial charge in [-0.15, -0.1) is 11.3 Å². The molecule has 3 aromatic rings. The minimum atomic E-state index is -0.809. The molecule has 8 nitrogen and oxygen atoms in total. The van der Waals surface area contributed by atoms with E-state index < -0.39 is 12.1 Å². The molecule has 0 N–H and O–H groups in total. The number of hydrogen-bond donors (Lipinski definition) is 0. The molecule has 0 bridgehead atoms. The second kappa shape index (κ2) is 6.99. The SMILES string of the molecule is Cc1nc2ccc(N(C)C(=O)[C@@H]3OCC(=O)N(C)[C@H]3c3cnn(C)c3)cc2s1. The van der Waals surface area contributed by atoms with Crippen molar-refractivity contribution in [3.63, 3.8) is 0 Å². The standard InChI is InChI=1S/C19H21N5O3S/c1-11-21-14-6-5-13(7-15(14)28-11)23(3)19(26)18-17(12-8-20-22(2)9-12)24(4)16(25)10-27-18/h5-9,17-18H,10H2,1-4H3/t17-,18+/m0/s1. The van der Waals surface area contributed by atoms with Crippen LogP contribution in [-0.4, -0.2) is 58.3 Å². The topological polar surface area (TPSA) is 80.6 Å². The van der Waals surface area contributed by atoms with Crippen molar-refractivity contribution in [1.29, 1.82) is 0 Å². The summed E-state index contributed by atoms with van der Waals surface area (Å²) < 4.78 is 8.37. The monoisotopic (exact) mass is 399 g/mol. The highest BCUT2D eigenvalue weighted by Gasteiger charge is 2.42. The molecular formula is C19H21N5O3S. The average molecular weight is 399 g/mol. The van der Waals surface area contributed by atoms with E-state index >= 15 is 0 Å². The van der Waals surface area contributed by atoms with E-state index in [1.165, 1.54) is 0 Å². The van der Waals surface area contributed by atoms with Gasteiger partial charge in [-0.05, 0) is 25.1 Å². The molecule has 9 heteroatoms. The zero-order valence-corrected chi connectivity index (χ0v) is 16.9. The van der Waals surface area contributed by atoms with E-state index in [9.17, 15) is 9.59 Å². The summed E-state index contributed by atoms with van der Waals surface area (Å²) in [5.41, 5.74) is 2.44. The fraction of sp³-hybridized carbons (Fsp3) is 0.368. The van der Waals surface area contributed by atoms with Gasteiger partial charge >= 0.3 is 0 Å². The zero-order valence-electron chi connectivity index (χ0n) is 16.1. The summed E-state index contributed by atoms with van der Waals surface area (Å²) in [6.45, 7) is 1.84. The van der Waals surface area contributed by atoms with Crippen molar-refractivity contribution in [2.45, 2.75) is 19.1 Å². The van der Waals surface area contributed by atoms with Crippen molar-refractivity contribution < 1.29 is 14.3 Å². The fourth-order valence-electron chi connectivity index (χ4n) is 3.47. The summed E-state index contributed by atoms with van der Waals surface area (Å²) in [6.07, 6.45) is 2.65. The lowest BCUT2D eigenvalue weighted by molar-refractivity contribution is -0.160. The molecule has 1 aromatic carbocycles. The van der Waals surface area contributed by atoms with Gasteiger partial charge in [-0.25, -0.2) is 4.98 Å². The summed E-state index contributed by atoms with van der Waals surface area (Å²) in [6, 6.07) is 5.21. The van der Waals surface area contributed by atoms with Gasteiger partial charge in [-0.1, -0.05) is 0 Å². The zero-order chi connectivity index (χ0) is 20.0. The number of aromatic nitrogens is 3. The number of hydrogen-bond acceptors (Lipinski definition) is 6. The van der Waals surface area contributed by atoms with Crippen molar-refractivity contribution in [3.05, 3.63) is 41.2 Å². The fourth-order valence-corrected chi connectivity index (χ4v) is 4.33. The maximum Gasteiger partial charge on any atom is 0.258 e. The molecule has 2 atom stereocenters. The van der Waals surface area contributed by atoms with E-state index in [4.69, 9.17) is 4.74 Å². The first-order chi connectivity index (χ1) is 13.3. The molecule has 1 aliphatic heterocycles. The summed E-state index contributed by atoms with van der Waals surface area (Å²) in [7, 11) is 5.21. The molecule has 4 rings (SSSR count). The number of ether oxygens (including phenoxy) is 1. The Kier molecular flexibility index (Phi) is 4.64. The second-order valence-corrected chi connectivity index (χ2v) is 8.15. The summed E-state index contributed by atoms with van der Waals surface area (Å²) in [5.74, 6) is -0.379. The highest BCUT2D eigenvalue weighted by molar-refractivity contribution is 7.18. The van der Waals surface area contributed by atoms with Gasteiger partial charge in [-0.3, -0.25) is 14.3 Å². The van der Waals surface area contributed by atoms with E-state index in [1.807, 2.05) is 25.1 Å². The molecule has 0 unspecified atom stereocenters. The number of nitrogens with zero attached hydrogens (tertiary/aromatic N) is 5. The van der Waals surface area contributed by atoms with Crippen LogP contribution < -0.4 is 4.90 Å². The molecular weight excluding hydrogens is 378 g/mol. The molecule has 3 heterocycles. The van der Waals surface area contributed by atoms with Crippen LogP contribution in [0, 0.1) is 6.92 Å². The second-order valence-electron chi connectivity index (χ2n) is 6.91. The van der Waals surface area contributed by atoms with Crippen LogP contribution in [0.25, 0.3) is 10.2 Å². The third-order valence-corrected chi connectivity index (χ3v) is 5.92. The van der Waals surface area contributed by atoms with Gasteiger partial charge in [0, 0.05) is 38.6 Å². The molecule has 1 saturated heterocycles. The molecule has 0 saturated carbocycles. The van der Waals surface area contributed by atoms with Crippen LogP contribution in [-0.2, 0) is 21.4 Å². The summed E-state index contributed by atoms with van der Waals surface area (Å²) in [5, 5.41) is 5.16. The van der Waals surface area contributed by atoms with Gasteiger partial charge in [0.25, 0.3) is 5.91 Å². The average Bonchev–Trinajstić information content (AvgIpc) is 3.26.